The molecule has 7 nitrogen and oxygen atoms in total. The van der Waals surface area contributed by atoms with E-state index in [1.807, 2.05) is 12.2 Å². The van der Waals surface area contributed by atoms with Gasteiger partial charge in [-0.3, -0.25) is 10.1 Å². The molecule has 2 N–H and O–H groups in total. The van der Waals surface area contributed by atoms with Crippen LogP contribution in [0.2, 0.25) is 0 Å². The van der Waals surface area contributed by atoms with E-state index in [4.69, 9.17) is 4.74 Å². The van der Waals surface area contributed by atoms with Crippen molar-refractivity contribution < 1.29 is 14.5 Å². The van der Waals surface area contributed by atoms with Crippen LogP contribution in [0.15, 0.2) is 23.6 Å². The summed E-state index contributed by atoms with van der Waals surface area (Å²) in [5.41, 5.74) is 0.385. The summed E-state index contributed by atoms with van der Waals surface area (Å²) in [5.74, 6) is 0. The maximum atomic E-state index is 11.4. The molecule has 0 spiro atoms. The number of rotatable bonds is 7. The monoisotopic (exact) mass is 327 g/mol. The summed E-state index contributed by atoms with van der Waals surface area (Å²) in [6.07, 6.45) is 3.24. The van der Waals surface area contributed by atoms with Gasteiger partial charge in [0, 0.05) is 31.1 Å². The summed E-state index contributed by atoms with van der Waals surface area (Å²) in [4.78, 5) is 21.5. The van der Waals surface area contributed by atoms with Crippen molar-refractivity contribution in [1.29, 1.82) is 0 Å². The van der Waals surface area contributed by atoms with Crippen LogP contribution in [-0.2, 0) is 11.3 Å². The summed E-state index contributed by atoms with van der Waals surface area (Å²) < 4.78 is 5.09. The van der Waals surface area contributed by atoms with Gasteiger partial charge in [-0.2, -0.15) is 0 Å². The molecule has 0 radical (unpaired) electrons. The van der Waals surface area contributed by atoms with Crippen LogP contribution in [0.1, 0.15) is 26.3 Å². The van der Waals surface area contributed by atoms with Crippen molar-refractivity contribution in [3.63, 3.8) is 0 Å². The number of nitro groups is 1. The molecule has 1 aromatic heterocycles. The largest absolute Gasteiger partial charge is 0.444 e. The van der Waals surface area contributed by atoms with Crippen molar-refractivity contribution in [3.8, 4) is 0 Å². The number of ether oxygens (including phenoxy) is 1. The topological polar surface area (TPSA) is 93.5 Å². The molecule has 0 fully saturated rings. The Morgan fingerprint density at radius 2 is 2.09 bits per heavy atom. The predicted octanol–water partition coefficient (Wildman–Crippen LogP) is 2.83. The first-order valence-electron chi connectivity index (χ1n) is 6.82. The second-order valence-corrected chi connectivity index (χ2v) is 6.43. The second kappa shape index (κ2) is 8.50. The molecule has 0 atom stereocenters. The summed E-state index contributed by atoms with van der Waals surface area (Å²) in [6.45, 7) is 6.98. The van der Waals surface area contributed by atoms with Gasteiger partial charge in [-0.15, -0.1) is 0 Å². The Kier molecular flexibility index (Phi) is 7.00. The highest BCUT2D eigenvalue weighted by Crippen LogP contribution is 2.22. The highest BCUT2D eigenvalue weighted by atomic mass is 32.1. The highest BCUT2D eigenvalue weighted by Gasteiger charge is 2.14. The van der Waals surface area contributed by atoms with Crippen molar-refractivity contribution >= 4 is 22.4 Å². The molecule has 0 aromatic carbocycles. The molecule has 0 aliphatic carbocycles. The molecule has 0 saturated carbocycles. The number of alkyl carbamates (subject to hydrolysis) is 1. The van der Waals surface area contributed by atoms with Gasteiger partial charge in [0.25, 0.3) is 0 Å². The van der Waals surface area contributed by atoms with Crippen molar-refractivity contribution in [3.05, 3.63) is 39.3 Å². The lowest BCUT2D eigenvalue weighted by molar-refractivity contribution is -0.380. The second-order valence-electron chi connectivity index (χ2n) is 5.54. The van der Waals surface area contributed by atoms with E-state index in [1.165, 1.54) is 0 Å². The Hall–Kier alpha value is -1.93. The minimum atomic E-state index is -0.501. The van der Waals surface area contributed by atoms with Gasteiger partial charge in [-0.25, -0.2) is 4.79 Å². The molecule has 1 amide bonds. The van der Waals surface area contributed by atoms with E-state index in [2.05, 4.69) is 10.6 Å². The first-order valence-corrected chi connectivity index (χ1v) is 7.70. The lowest BCUT2D eigenvalue weighted by atomic mass is 10.2. The van der Waals surface area contributed by atoms with Gasteiger partial charge in [-0.05, 0) is 26.3 Å². The zero-order valence-corrected chi connectivity index (χ0v) is 13.7. The average molecular weight is 327 g/mol. The quantitative estimate of drug-likeness (QED) is 0.348. The molecule has 1 heterocycles. The fourth-order valence-electron chi connectivity index (χ4n) is 1.47. The zero-order valence-electron chi connectivity index (χ0n) is 12.9. The van der Waals surface area contributed by atoms with Crippen LogP contribution in [0, 0.1) is 10.1 Å². The summed E-state index contributed by atoms with van der Waals surface area (Å²) in [5, 5.41) is 18.2. The van der Waals surface area contributed by atoms with E-state index < -0.39 is 16.6 Å². The van der Waals surface area contributed by atoms with Gasteiger partial charge in [0.15, 0.2) is 0 Å². The number of hydrogen-bond acceptors (Lipinski definition) is 6. The molecular weight excluding hydrogens is 306 g/mol. The van der Waals surface area contributed by atoms with Gasteiger partial charge in [0.2, 0.25) is 0 Å². The molecule has 22 heavy (non-hydrogen) atoms. The fourth-order valence-corrected chi connectivity index (χ4v) is 2.20. The van der Waals surface area contributed by atoms with Crippen molar-refractivity contribution in [1.82, 2.24) is 10.6 Å². The molecule has 8 heteroatoms. The van der Waals surface area contributed by atoms with E-state index >= 15 is 0 Å². The number of thiophene rings is 1. The number of carbonyl (C=O) groups excluding carboxylic acids is 1. The first kappa shape index (κ1) is 18.1. The standard InChI is InChI=1S/C14H21N3O4S/c1-14(2,3)21-13(18)16-7-5-4-6-15-9-11-8-12(17(19)20)22-10-11/h4-5,8,10,15H,6-7,9H2,1-3H3,(H,16,18)/b5-4+. The van der Waals surface area contributed by atoms with Gasteiger partial charge in [0.1, 0.15) is 5.60 Å². The Bertz CT molecular complexity index is 534. The van der Waals surface area contributed by atoms with E-state index in [-0.39, 0.29) is 5.00 Å². The number of nitrogens with zero attached hydrogens (tertiary/aromatic N) is 1. The molecule has 1 aromatic rings. The molecule has 0 aliphatic rings. The minimum Gasteiger partial charge on any atom is -0.444 e. The van der Waals surface area contributed by atoms with E-state index in [9.17, 15) is 14.9 Å². The van der Waals surface area contributed by atoms with Gasteiger partial charge < -0.3 is 15.4 Å². The van der Waals surface area contributed by atoms with Crippen LogP contribution in [-0.4, -0.2) is 29.7 Å². The van der Waals surface area contributed by atoms with Crippen LogP contribution in [0.4, 0.5) is 9.80 Å². The number of nitrogens with one attached hydrogen (secondary N) is 2. The third-order valence-electron chi connectivity index (χ3n) is 2.34. The number of hydrogen-bond donors (Lipinski definition) is 2. The lowest BCUT2D eigenvalue weighted by Crippen LogP contribution is -2.32. The van der Waals surface area contributed by atoms with Crippen LogP contribution in [0.25, 0.3) is 0 Å². The van der Waals surface area contributed by atoms with Crippen LogP contribution in [0.5, 0.6) is 0 Å². The van der Waals surface area contributed by atoms with Gasteiger partial charge in [-0.1, -0.05) is 23.5 Å². The number of carbonyl (C=O) groups is 1. The minimum absolute atomic E-state index is 0.147. The molecule has 1 rings (SSSR count). The fraction of sp³-hybridized carbons (Fsp3) is 0.500. The van der Waals surface area contributed by atoms with Gasteiger partial charge >= 0.3 is 11.1 Å². The summed E-state index contributed by atoms with van der Waals surface area (Å²) in [6, 6.07) is 1.56. The molecule has 0 saturated heterocycles. The highest BCUT2D eigenvalue weighted by molar-refractivity contribution is 7.13. The van der Waals surface area contributed by atoms with Crippen molar-refractivity contribution in [2.75, 3.05) is 13.1 Å². The summed E-state index contributed by atoms with van der Waals surface area (Å²) in [7, 11) is 0. The Morgan fingerprint density at radius 1 is 1.41 bits per heavy atom. The SMILES string of the molecule is CC(C)(C)OC(=O)NC/C=C/CNCc1csc([N+](=O)[O-])c1. The first-order chi connectivity index (χ1) is 10.3. The maximum absolute atomic E-state index is 11.4. The van der Waals surface area contributed by atoms with E-state index in [0.29, 0.717) is 19.6 Å². The molecule has 0 unspecified atom stereocenters. The molecule has 122 valence electrons. The third-order valence-corrected chi connectivity index (χ3v) is 3.27. The molecule has 0 aliphatic heterocycles. The number of amides is 1. The average Bonchev–Trinajstić information content (AvgIpc) is 2.84. The molecule has 0 bridgehead atoms. The van der Waals surface area contributed by atoms with E-state index in [1.54, 1.807) is 32.2 Å². The van der Waals surface area contributed by atoms with Crippen molar-refractivity contribution in [2.24, 2.45) is 0 Å². The van der Waals surface area contributed by atoms with Crippen LogP contribution < -0.4 is 10.6 Å². The third kappa shape index (κ3) is 7.75. The smallest absolute Gasteiger partial charge is 0.407 e. The van der Waals surface area contributed by atoms with Crippen molar-refractivity contribution in [2.45, 2.75) is 32.9 Å². The van der Waals surface area contributed by atoms with E-state index in [0.717, 1.165) is 16.9 Å². The summed E-state index contributed by atoms with van der Waals surface area (Å²) >= 11 is 1.12. The van der Waals surface area contributed by atoms with Gasteiger partial charge in [0.05, 0.1) is 4.92 Å². The Labute approximate surface area is 133 Å². The Morgan fingerprint density at radius 3 is 2.68 bits per heavy atom. The lowest BCUT2D eigenvalue weighted by Gasteiger charge is -2.19. The molecular formula is C14H21N3O4S. The normalized spacial score (nSPS) is 11.6. The van der Waals surface area contributed by atoms with Crippen LogP contribution in [0.3, 0.4) is 0 Å². The Balaban J connectivity index is 2.14. The maximum Gasteiger partial charge on any atom is 0.407 e. The zero-order chi connectivity index (χ0) is 16.6. The van der Waals surface area contributed by atoms with Crippen LogP contribution >= 0.6 is 11.3 Å². The predicted molar refractivity (Wildman–Crippen MR) is 86.1 cm³/mol.